The molecule has 104 valence electrons. The summed E-state index contributed by atoms with van der Waals surface area (Å²) in [5.41, 5.74) is 2.09. The Morgan fingerprint density at radius 1 is 1.35 bits per heavy atom. The van der Waals surface area contributed by atoms with Crippen molar-refractivity contribution in [3.63, 3.8) is 0 Å². The summed E-state index contributed by atoms with van der Waals surface area (Å²) in [7, 11) is 0. The van der Waals surface area contributed by atoms with E-state index in [-0.39, 0.29) is 17.9 Å². The highest BCUT2D eigenvalue weighted by molar-refractivity contribution is 7.99. The minimum Gasteiger partial charge on any atom is -0.302 e. The number of fused-ring (bicyclic) bond motifs is 1. The van der Waals surface area contributed by atoms with Crippen molar-refractivity contribution in [2.45, 2.75) is 30.3 Å². The van der Waals surface area contributed by atoms with Crippen molar-refractivity contribution in [3.8, 4) is 0 Å². The van der Waals surface area contributed by atoms with E-state index in [2.05, 4.69) is 17.2 Å². The van der Waals surface area contributed by atoms with E-state index in [1.54, 1.807) is 24.0 Å². The van der Waals surface area contributed by atoms with E-state index in [0.717, 1.165) is 23.4 Å². The number of hydrogen-bond acceptors (Lipinski definition) is 3. The number of halogens is 1. The van der Waals surface area contributed by atoms with Crippen LogP contribution in [0.15, 0.2) is 47.5 Å². The van der Waals surface area contributed by atoms with Gasteiger partial charge in [-0.15, -0.1) is 11.8 Å². The van der Waals surface area contributed by atoms with Crippen LogP contribution >= 0.6 is 11.8 Å². The molecule has 2 nitrogen and oxygen atoms in total. The Morgan fingerprint density at radius 3 is 3.05 bits per heavy atom. The standard InChI is InChI=1S/C16H17FN2S/c1-11(14-4-2-3-8-18-14)19-15-7-9-20-16-6-5-12(17)10-13(15)16/h2-6,8,10-11,15,19H,7,9H2,1H3. The van der Waals surface area contributed by atoms with Crippen LogP contribution in [0.4, 0.5) is 4.39 Å². The van der Waals surface area contributed by atoms with Gasteiger partial charge in [0.15, 0.2) is 0 Å². The predicted octanol–water partition coefficient (Wildman–Crippen LogP) is 4.11. The van der Waals surface area contributed by atoms with E-state index in [1.807, 2.05) is 24.3 Å². The van der Waals surface area contributed by atoms with Crippen LogP contribution in [0.25, 0.3) is 0 Å². The zero-order valence-corrected chi connectivity index (χ0v) is 12.2. The Kier molecular flexibility index (Phi) is 4.03. The van der Waals surface area contributed by atoms with Crippen LogP contribution in [-0.4, -0.2) is 10.7 Å². The molecule has 2 heterocycles. The third-order valence-electron chi connectivity index (χ3n) is 3.59. The van der Waals surface area contributed by atoms with Gasteiger partial charge in [-0.25, -0.2) is 4.39 Å². The molecule has 0 spiro atoms. The van der Waals surface area contributed by atoms with Gasteiger partial charge in [-0.1, -0.05) is 6.07 Å². The molecule has 2 unspecified atom stereocenters. The lowest BCUT2D eigenvalue weighted by molar-refractivity contribution is 0.441. The largest absolute Gasteiger partial charge is 0.302 e. The van der Waals surface area contributed by atoms with Crippen LogP contribution < -0.4 is 5.32 Å². The van der Waals surface area contributed by atoms with E-state index in [1.165, 1.54) is 11.0 Å². The number of aromatic nitrogens is 1. The van der Waals surface area contributed by atoms with E-state index < -0.39 is 0 Å². The fourth-order valence-corrected chi connectivity index (χ4v) is 3.66. The fraction of sp³-hybridized carbons (Fsp3) is 0.312. The molecule has 3 rings (SSSR count). The highest BCUT2D eigenvalue weighted by Crippen LogP contribution is 2.37. The predicted molar refractivity (Wildman–Crippen MR) is 80.3 cm³/mol. The first kappa shape index (κ1) is 13.6. The number of nitrogens with zero attached hydrogens (tertiary/aromatic N) is 1. The van der Waals surface area contributed by atoms with Crippen LogP contribution in [0.2, 0.25) is 0 Å². The van der Waals surface area contributed by atoms with Crippen LogP contribution in [0.3, 0.4) is 0 Å². The lowest BCUT2D eigenvalue weighted by Crippen LogP contribution is -2.27. The normalized spacial score (nSPS) is 19.4. The average molecular weight is 288 g/mol. The molecule has 1 aromatic carbocycles. The summed E-state index contributed by atoms with van der Waals surface area (Å²) in [6.45, 7) is 2.10. The smallest absolute Gasteiger partial charge is 0.123 e. The number of thioether (sulfide) groups is 1. The first-order chi connectivity index (χ1) is 9.74. The van der Waals surface area contributed by atoms with Gasteiger partial charge in [-0.2, -0.15) is 0 Å². The van der Waals surface area contributed by atoms with E-state index in [4.69, 9.17) is 0 Å². The quantitative estimate of drug-likeness (QED) is 0.920. The van der Waals surface area contributed by atoms with Crippen LogP contribution in [0, 0.1) is 5.82 Å². The molecule has 0 bridgehead atoms. The van der Waals surface area contributed by atoms with Crippen LogP contribution in [0.1, 0.15) is 36.7 Å². The minimum absolute atomic E-state index is 0.153. The molecular weight excluding hydrogens is 271 g/mol. The zero-order chi connectivity index (χ0) is 13.9. The van der Waals surface area contributed by atoms with Crippen molar-refractivity contribution in [1.82, 2.24) is 10.3 Å². The molecule has 0 saturated heterocycles. The second kappa shape index (κ2) is 5.94. The lowest BCUT2D eigenvalue weighted by atomic mass is 10.0. The molecule has 0 aliphatic carbocycles. The first-order valence-corrected chi connectivity index (χ1v) is 7.82. The van der Waals surface area contributed by atoms with Crippen LogP contribution in [-0.2, 0) is 0 Å². The number of pyridine rings is 1. The Bertz CT molecular complexity index is 588. The van der Waals surface area contributed by atoms with Crippen molar-refractivity contribution in [2.24, 2.45) is 0 Å². The molecule has 0 radical (unpaired) electrons. The van der Waals surface area contributed by atoms with Gasteiger partial charge in [0.25, 0.3) is 0 Å². The zero-order valence-electron chi connectivity index (χ0n) is 11.3. The van der Waals surface area contributed by atoms with Gasteiger partial charge < -0.3 is 5.32 Å². The monoisotopic (exact) mass is 288 g/mol. The summed E-state index contributed by atoms with van der Waals surface area (Å²) in [5, 5.41) is 3.58. The average Bonchev–Trinajstić information content (AvgIpc) is 2.49. The molecule has 1 aliphatic heterocycles. The van der Waals surface area contributed by atoms with Gasteiger partial charge in [0.2, 0.25) is 0 Å². The molecular formula is C16H17FN2S. The molecule has 1 aliphatic rings. The maximum absolute atomic E-state index is 13.5. The number of rotatable bonds is 3. The molecule has 20 heavy (non-hydrogen) atoms. The maximum atomic E-state index is 13.5. The molecule has 4 heteroatoms. The summed E-state index contributed by atoms with van der Waals surface area (Å²) in [6.07, 6.45) is 2.82. The lowest BCUT2D eigenvalue weighted by Gasteiger charge is -2.28. The molecule has 0 saturated carbocycles. The molecule has 1 N–H and O–H groups in total. The topological polar surface area (TPSA) is 24.9 Å². The van der Waals surface area contributed by atoms with Gasteiger partial charge in [0, 0.05) is 23.2 Å². The van der Waals surface area contributed by atoms with Crippen molar-refractivity contribution < 1.29 is 4.39 Å². The van der Waals surface area contributed by atoms with Crippen molar-refractivity contribution >= 4 is 11.8 Å². The summed E-state index contributed by atoms with van der Waals surface area (Å²) in [6, 6.07) is 11.3. The SMILES string of the molecule is CC(NC1CCSc2ccc(F)cc21)c1ccccn1. The van der Waals surface area contributed by atoms with Gasteiger partial charge in [0.1, 0.15) is 5.82 Å². The minimum atomic E-state index is -0.163. The maximum Gasteiger partial charge on any atom is 0.123 e. The van der Waals surface area contributed by atoms with Crippen molar-refractivity contribution in [1.29, 1.82) is 0 Å². The summed E-state index contributed by atoms with van der Waals surface area (Å²) < 4.78 is 13.5. The van der Waals surface area contributed by atoms with Crippen LogP contribution in [0.5, 0.6) is 0 Å². The Hall–Kier alpha value is -1.39. The summed E-state index contributed by atoms with van der Waals surface area (Å²) in [5.74, 6) is 0.897. The summed E-state index contributed by atoms with van der Waals surface area (Å²) in [4.78, 5) is 5.56. The summed E-state index contributed by atoms with van der Waals surface area (Å²) >= 11 is 1.80. The highest BCUT2D eigenvalue weighted by Gasteiger charge is 2.23. The van der Waals surface area contributed by atoms with Crippen molar-refractivity contribution in [2.75, 3.05) is 5.75 Å². The second-order valence-corrected chi connectivity index (χ2v) is 6.15. The van der Waals surface area contributed by atoms with Gasteiger partial charge in [-0.05, 0) is 55.0 Å². The third kappa shape index (κ3) is 2.86. The first-order valence-electron chi connectivity index (χ1n) is 6.83. The third-order valence-corrected chi connectivity index (χ3v) is 4.72. The molecule has 0 amide bonds. The fourth-order valence-electron chi connectivity index (χ4n) is 2.56. The van der Waals surface area contributed by atoms with Gasteiger partial charge in [-0.3, -0.25) is 4.98 Å². The number of hydrogen-bond donors (Lipinski definition) is 1. The molecule has 1 aromatic heterocycles. The Morgan fingerprint density at radius 2 is 2.25 bits per heavy atom. The Labute approximate surface area is 122 Å². The number of nitrogens with one attached hydrogen (secondary N) is 1. The molecule has 2 atom stereocenters. The van der Waals surface area contributed by atoms with E-state index in [9.17, 15) is 4.39 Å². The van der Waals surface area contributed by atoms with E-state index >= 15 is 0 Å². The van der Waals surface area contributed by atoms with Gasteiger partial charge in [0.05, 0.1) is 5.69 Å². The van der Waals surface area contributed by atoms with Crippen molar-refractivity contribution in [3.05, 3.63) is 59.7 Å². The highest BCUT2D eigenvalue weighted by atomic mass is 32.2. The van der Waals surface area contributed by atoms with Gasteiger partial charge >= 0.3 is 0 Å². The molecule has 2 aromatic rings. The Balaban J connectivity index is 1.81. The molecule has 0 fully saturated rings. The second-order valence-electron chi connectivity index (χ2n) is 5.01. The van der Waals surface area contributed by atoms with E-state index in [0.29, 0.717) is 0 Å². The number of benzene rings is 1.